The molecule has 0 saturated carbocycles. The summed E-state index contributed by atoms with van der Waals surface area (Å²) < 4.78 is 2.22. The summed E-state index contributed by atoms with van der Waals surface area (Å²) in [6.07, 6.45) is 0. The molecule has 2 heterocycles. The first-order valence-electron chi connectivity index (χ1n) is 8.70. The molecule has 1 atom stereocenters. The maximum atomic E-state index is 12.1. The van der Waals surface area contributed by atoms with Gasteiger partial charge in [0.15, 0.2) is 5.78 Å². The number of nitrogens with one attached hydrogen (secondary N) is 1. The second-order valence-electron chi connectivity index (χ2n) is 6.95. The Kier molecular flexibility index (Phi) is 4.42. The van der Waals surface area contributed by atoms with E-state index in [9.17, 15) is 4.79 Å². The van der Waals surface area contributed by atoms with E-state index in [1.165, 1.54) is 22.5 Å². The quantitative estimate of drug-likeness (QED) is 0.672. The van der Waals surface area contributed by atoms with Crippen LogP contribution in [0.25, 0.3) is 0 Å². The van der Waals surface area contributed by atoms with Crippen LogP contribution in [-0.4, -0.2) is 15.3 Å². The van der Waals surface area contributed by atoms with Gasteiger partial charge in [-0.15, -0.1) is 0 Å². The number of carbonyl (C=O) groups excluding carboxylic acids is 1. The van der Waals surface area contributed by atoms with Crippen molar-refractivity contribution in [2.24, 2.45) is 7.05 Å². The van der Waals surface area contributed by atoms with Gasteiger partial charge in [0.1, 0.15) is 0 Å². The number of benzene rings is 1. The summed E-state index contributed by atoms with van der Waals surface area (Å²) in [6.45, 7) is 9.97. The zero-order valence-electron chi connectivity index (χ0n) is 15.9. The Hall–Kier alpha value is -2.55. The molecule has 0 aliphatic rings. The van der Waals surface area contributed by atoms with E-state index in [-0.39, 0.29) is 11.7 Å². The van der Waals surface area contributed by atoms with Crippen molar-refractivity contribution >= 4 is 5.78 Å². The maximum Gasteiger partial charge on any atom is 0.161 e. The third-order valence-corrected chi connectivity index (χ3v) is 5.38. The molecule has 0 saturated heterocycles. The molecule has 0 fully saturated rings. The van der Waals surface area contributed by atoms with E-state index in [1.807, 2.05) is 13.0 Å². The highest BCUT2D eigenvalue weighted by molar-refractivity contribution is 5.97. The topological polar surface area (TPSA) is 37.8 Å². The number of aryl methyl sites for hydroxylation is 2. The van der Waals surface area contributed by atoms with Crippen LogP contribution in [0.2, 0.25) is 0 Å². The lowest BCUT2D eigenvalue weighted by molar-refractivity contribution is 0.101. The minimum Gasteiger partial charge on any atom is -0.361 e. The Bertz CT molecular complexity index is 929. The predicted molar refractivity (Wildman–Crippen MR) is 103 cm³/mol. The average Bonchev–Trinajstić information content (AvgIpc) is 3.00. The highest BCUT2D eigenvalue weighted by atomic mass is 16.1. The molecule has 0 aliphatic heterocycles. The van der Waals surface area contributed by atoms with Gasteiger partial charge in [0.25, 0.3) is 0 Å². The van der Waals surface area contributed by atoms with Crippen LogP contribution < -0.4 is 0 Å². The van der Waals surface area contributed by atoms with E-state index in [1.54, 1.807) is 6.92 Å². The summed E-state index contributed by atoms with van der Waals surface area (Å²) in [5, 5.41) is 0. The van der Waals surface area contributed by atoms with Gasteiger partial charge in [-0.2, -0.15) is 0 Å². The number of ketones is 1. The van der Waals surface area contributed by atoms with Gasteiger partial charge in [0.05, 0.1) is 5.92 Å². The number of aromatic nitrogens is 2. The molecule has 0 bridgehead atoms. The van der Waals surface area contributed by atoms with Gasteiger partial charge >= 0.3 is 0 Å². The monoisotopic (exact) mass is 334 g/mol. The van der Waals surface area contributed by atoms with Crippen LogP contribution in [0.4, 0.5) is 0 Å². The summed E-state index contributed by atoms with van der Waals surface area (Å²) in [7, 11) is 2.10. The number of H-pyrrole nitrogens is 1. The summed E-state index contributed by atoms with van der Waals surface area (Å²) in [5.41, 5.74) is 8.94. The third kappa shape index (κ3) is 2.84. The van der Waals surface area contributed by atoms with E-state index in [4.69, 9.17) is 0 Å². The molecule has 3 heteroatoms. The van der Waals surface area contributed by atoms with Crippen molar-refractivity contribution in [3.63, 3.8) is 0 Å². The van der Waals surface area contributed by atoms with Crippen LogP contribution in [0.3, 0.4) is 0 Å². The molecular weight excluding hydrogens is 308 g/mol. The lowest BCUT2D eigenvalue weighted by Gasteiger charge is -2.19. The molecule has 0 radical (unpaired) electrons. The number of rotatable bonds is 4. The Labute approximate surface area is 149 Å². The van der Waals surface area contributed by atoms with Crippen molar-refractivity contribution in [2.45, 2.75) is 40.5 Å². The van der Waals surface area contributed by atoms with Crippen LogP contribution in [0.1, 0.15) is 62.7 Å². The lowest BCUT2D eigenvalue weighted by Crippen LogP contribution is -2.07. The van der Waals surface area contributed by atoms with Gasteiger partial charge in [-0.1, -0.05) is 30.3 Å². The zero-order valence-corrected chi connectivity index (χ0v) is 15.9. The molecule has 130 valence electrons. The summed E-state index contributed by atoms with van der Waals surface area (Å²) in [4.78, 5) is 15.6. The number of Topliss-reactive ketones (excluding diaryl/α,β-unsaturated/α-hetero) is 1. The Morgan fingerprint density at radius 3 is 2.20 bits per heavy atom. The van der Waals surface area contributed by atoms with Gasteiger partial charge in [-0.05, 0) is 57.4 Å². The highest BCUT2D eigenvalue weighted by Crippen LogP contribution is 2.37. The third-order valence-electron chi connectivity index (χ3n) is 5.38. The maximum absolute atomic E-state index is 12.1. The Balaban J connectivity index is 2.28. The molecule has 3 rings (SSSR count). The lowest BCUT2D eigenvalue weighted by atomic mass is 9.86. The molecule has 1 aromatic carbocycles. The van der Waals surface area contributed by atoms with Crippen molar-refractivity contribution in [1.29, 1.82) is 0 Å². The van der Waals surface area contributed by atoms with Crippen molar-refractivity contribution in [2.75, 3.05) is 0 Å². The van der Waals surface area contributed by atoms with E-state index >= 15 is 0 Å². The molecule has 25 heavy (non-hydrogen) atoms. The standard InChI is InChI=1S/C22H26N2O/c1-13-12-19(16(4)24(13)6)21(18-10-8-7-9-11-18)22-14(2)20(17(5)25)15(3)23-22/h7-12,21,23H,1-6H3. The molecule has 0 aliphatic carbocycles. The number of nitrogens with zero attached hydrogens (tertiary/aromatic N) is 1. The molecule has 3 nitrogen and oxygen atoms in total. The molecule has 1 unspecified atom stereocenters. The number of aromatic amines is 1. The van der Waals surface area contributed by atoms with Crippen molar-refractivity contribution in [3.05, 3.63) is 81.4 Å². The van der Waals surface area contributed by atoms with Crippen LogP contribution >= 0.6 is 0 Å². The van der Waals surface area contributed by atoms with Gasteiger partial charge in [-0.3, -0.25) is 4.79 Å². The number of carbonyl (C=O) groups is 1. The largest absolute Gasteiger partial charge is 0.361 e. The fourth-order valence-corrected chi connectivity index (χ4v) is 3.91. The van der Waals surface area contributed by atoms with Crippen molar-refractivity contribution in [1.82, 2.24) is 9.55 Å². The highest BCUT2D eigenvalue weighted by Gasteiger charge is 2.27. The summed E-state index contributed by atoms with van der Waals surface area (Å²) >= 11 is 0. The molecule has 3 aromatic rings. The second-order valence-corrected chi connectivity index (χ2v) is 6.95. The first kappa shape index (κ1) is 17.3. The van der Waals surface area contributed by atoms with Gasteiger partial charge < -0.3 is 9.55 Å². The van der Waals surface area contributed by atoms with Crippen LogP contribution in [0.15, 0.2) is 36.4 Å². The first-order chi connectivity index (χ1) is 11.8. The van der Waals surface area contributed by atoms with E-state index in [0.717, 1.165) is 22.5 Å². The van der Waals surface area contributed by atoms with E-state index < -0.39 is 0 Å². The summed E-state index contributed by atoms with van der Waals surface area (Å²) in [5.74, 6) is 0.207. The minimum absolute atomic E-state index is 0.0906. The Morgan fingerprint density at radius 2 is 1.72 bits per heavy atom. The SMILES string of the molecule is CC(=O)c1c(C)[nH]c(C(c2ccccc2)c2cc(C)n(C)c2C)c1C. The number of hydrogen-bond acceptors (Lipinski definition) is 1. The fourth-order valence-electron chi connectivity index (χ4n) is 3.91. The molecule has 1 N–H and O–H groups in total. The molecule has 0 amide bonds. The van der Waals surface area contributed by atoms with Crippen molar-refractivity contribution < 1.29 is 4.79 Å². The van der Waals surface area contributed by atoms with Crippen LogP contribution in [-0.2, 0) is 7.05 Å². The number of hydrogen-bond donors (Lipinski definition) is 1. The predicted octanol–water partition coefficient (Wildman–Crippen LogP) is 4.97. The van der Waals surface area contributed by atoms with Crippen molar-refractivity contribution in [3.8, 4) is 0 Å². The fraction of sp³-hybridized carbons (Fsp3) is 0.318. The smallest absolute Gasteiger partial charge is 0.161 e. The first-order valence-corrected chi connectivity index (χ1v) is 8.70. The minimum atomic E-state index is 0.0906. The normalized spacial score (nSPS) is 12.4. The summed E-state index contributed by atoms with van der Waals surface area (Å²) in [6, 6.07) is 12.8. The van der Waals surface area contributed by atoms with E-state index in [2.05, 4.69) is 67.7 Å². The van der Waals surface area contributed by atoms with Gasteiger partial charge in [-0.25, -0.2) is 0 Å². The van der Waals surface area contributed by atoms with Gasteiger partial charge in [0.2, 0.25) is 0 Å². The Morgan fingerprint density at radius 1 is 1.08 bits per heavy atom. The average molecular weight is 334 g/mol. The van der Waals surface area contributed by atoms with Crippen LogP contribution in [0.5, 0.6) is 0 Å². The van der Waals surface area contributed by atoms with Crippen LogP contribution in [0, 0.1) is 27.7 Å². The van der Waals surface area contributed by atoms with E-state index in [0.29, 0.717) is 0 Å². The van der Waals surface area contributed by atoms with Gasteiger partial charge in [0, 0.05) is 35.4 Å². The molecular formula is C22H26N2O. The molecule has 0 spiro atoms. The molecule has 2 aromatic heterocycles. The second kappa shape index (κ2) is 6.40. The zero-order chi connectivity index (χ0) is 18.3.